The zero-order valence-electron chi connectivity index (χ0n) is 21.5. The van der Waals surface area contributed by atoms with Gasteiger partial charge in [-0.2, -0.15) is 0 Å². The summed E-state index contributed by atoms with van der Waals surface area (Å²) in [6.07, 6.45) is 2.26. The van der Waals surface area contributed by atoms with Crippen molar-refractivity contribution in [3.63, 3.8) is 0 Å². The van der Waals surface area contributed by atoms with Crippen LogP contribution in [-0.2, 0) is 26.2 Å². The number of ether oxygens (including phenoxy) is 1. The third kappa shape index (κ3) is 8.51. The Bertz CT molecular complexity index is 1140. The van der Waals surface area contributed by atoms with Gasteiger partial charge in [-0.05, 0) is 56.5 Å². The molecular formula is C26H36BrN3O5S. The number of para-hydroxylation sites is 2. The van der Waals surface area contributed by atoms with Gasteiger partial charge in [-0.25, -0.2) is 8.42 Å². The van der Waals surface area contributed by atoms with Crippen molar-refractivity contribution in [1.82, 2.24) is 10.2 Å². The molecule has 0 aliphatic rings. The number of carbonyl (C=O) groups excluding carboxylic acids is 2. The minimum atomic E-state index is -3.61. The molecule has 0 unspecified atom stereocenters. The zero-order valence-corrected chi connectivity index (χ0v) is 23.9. The van der Waals surface area contributed by atoms with E-state index in [1.54, 1.807) is 36.1 Å². The van der Waals surface area contributed by atoms with E-state index in [9.17, 15) is 18.0 Å². The van der Waals surface area contributed by atoms with E-state index in [1.807, 2.05) is 38.1 Å². The molecule has 2 atom stereocenters. The summed E-state index contributed by atoms with van der Waals surface area (Å²) in [5.74, 6) is -0.0180. The number of anilines is 1. The Morgan fingerprint density at radius 3 is 2.42 bits per heavy atom. The van der Waals surface area contributed by atoms with Crippen LogP contribution in [0, 0.1) is 0 Å². The first-order chi connectivity index (χ1) is 17.0. The molecule has 2 rings (SSSR count). The third-order valence-corrected chi connectivity index (χ3v) is 7.59. The molecule has 0 saturated heterocycles. The van der Waals surface area contributed by atoms with Crippen molar-refractivity contribution in [3.05, 3.63) is 58.6 Å². The van der Waals surface area contributed by atoms with Crippen molar-refractivity contribution in [2.45, 2.75) is 58.7 Å². The van der Waals surface area contributed by atoms with Gasteiger partial charge in [-0.1, -0.05) is 47.1 Å². The Balaban J connectivity index is 2.20. The van der Waals surface area contributed by atoms with Gasteiger partial charge in [0.05, 0.1) is 19.1 Å². The predicted octanol–water partition coefficient (Wildman–Crippen LogP) is 4.34. The minimum absolute atomic E-state index is 0.00746. The SMILES string of the molecule is CC[C@H](C)NC(=O)[C@H](C)N(Cc1cccc(Br)c1)C(=O)CCCN(c1ccccc1OC)S(C)(=O)=O. The van der Waals surface area contributed by atoms with Crippen molar-refractivity contribution < 1.29 is 22.7 Å². The van der Waals surface area contributed by atoms with Gasteiger partial charge in [0.25, 0.3) is 0 Å². The lowest BCUT2D eigenvalue weighted by molar-refractivity contribution is -0.140. The molecule has 0 heterocycles. The molecule has 0 aromatic heterocycles. The Morgan fingerprint density at radius 1 is 1.11 bits per heavy atom. The van der Waals surface area contributed by atoms with Gasteiger partial charge in [0.2, 0.25) is 21.8 Å². The molecule has 1 N–H and O–H groups in total. The van der Waals surface area contributed by atoms with Crippen LogP contribution >= 0.6 is 15.9 Å². The predicted molar refractivity (Wildman–Crippen MR) is 146 cm³/mol. The third-order valence-electron chi connectivity index (χ3n) is 5.92. The molecule has 2 amide bonds. The summed E-state index contributed by atoms with van der Waals surface area (Å²) in [6, 6.07) is 13.7. The molecule has 2 aromatic carbocycles. The molecule has 0 radical (unpaired) electrons. The number of halogens is 1. The number of nitrogens with one attached hydrogen (secondary N) is 1. The summed E-state index contributed by atoms with van der Waals surface area (Å²) in [7, 11) is -2.13. The molecule has 10 heteroatoms. The van der Waals surface area contributed by atoms with Crippen LogP contribution in [0.4, 0.5) is 5.69 Å². The highest BCUT2D eigenvalue weighted by molar-refractivity contribution is 9.10. The summed E-state index contributed by atoms with van der Waals surface area (Å²) in [5, 5.41) is 2.95. The first-order valence-corrected chi connectivity index (χ1v) is 14.6. The highest BCUT2D eigenvalue weighted by Crippen LogP contribution is 2.29. The van der Waals surface area contributed by atoms with E-state index in [-0.39, 0.29) is 43.8 Å². The van der Waals surface area contributed by atoms with Gasteiger partial charge in [-0.15, -0.1) is 0 Å². The fraction of sp³-hybridized carbons (Fsp3) is 0.462. The van der Waals surface area contributed by atoms with Crippen molar-refractivity contribution in [2.24, 2.45) is 0 Å². The number of benzene rings is 2. The van der Waals surface area contributed by atoms with E-state index >= 15 is 0 Å². The highest BCUT2D eigenvalue weighted by Gasteiger charge is 2.27. The van der Waals surface area contributed by atoms with Gasteiger partial charge >= 0.3 is 0 Å². The number of methoxy groups -OCH3 is 1. The molecule has 8 nitrogen and oxygen atoms in total. The van der Waals surface area contributed by atoms with E-state index in [1.165, 1.54) is 11.4 Å². The van der Waals surface area contributed by atoms with E-state index in [2.05, 4.69) is 21.2 Å². The Hall–Kier alpha value is -2.59. The van der Waals surface area contributed by atoms with Crippen LogP contribution in [0.5, 0.6) is 5.75 Å². The quantitative estimate of drug-likeness (QED) is 0.379. The second-order valence-electron chi connectivity index (χ2n) is 8.76. The summed E-state index contributed by atoms with van der Waals surface area (Å²) < 4.78 is 32.5. The van der Waals surface area contributed by atoms with E-state index in [4.69, 9.17) is 4.74 Å². The fourth-order valence-corrected chi connectivity index (χ4v) is 5.11. The topological polar surface area (TPSA) is 96.0 Å². The van der Waals surface area contributed by atoms with Crippen molar-refractivity contribution in [2.75, 3.05) is 24.2 Å². The first-order valence-electron chi connectivity index (χ1n) is 11.9. The van der Waals surface area contributed by atoms with Crippen LogP contribution in [0.3, 0.4) is 0 Å². The standard InChI is InChI=1S/C26H36BrN3O5S/c1-6-19(2)28-26(32)20(3)29(18-21-11-9-12-22(27)17-21)25(31)15-10-16-30(36(5,33)34)23-13-7-8-14-24(23)35-4/h7-9,11-14,17,19-20H,6,10,15-16,18H2,1-5H3,(H,28,32)/t19-,20-/m0/s1. The van der Waals surface area contributed by atoms with E-state index < -0.39 is 16.1 Å². The monoisotopic (exact) mass is 581 g/mol. The average molecular weight is 583 g/mol. The normalized spacial score (nSPS) is 12.9. The van der Waals surface area contributed by atoms with Crippen LogP contribution in [0.2, 0.25) is 0 Å². The van der Waals surface area contributed by atoms with Crippen LogP contribution < -0.4 is 14.4 Å². The number of hydrogen-bond donors (Lipinski definition) is 1. The fourth-order valence-electron chi connectivity index (χ4n) is 3.70. The molecular weight excluding hydrogens is 546 g/mol. The first kappa shape index (κ1) is 29.6. The molecule has 0 aliphatic heterocycles. The number of nitrogens with zero attached hydrogens (tertiary/aromatic N) is 2. The average Bonchev–Trinajstić information content (AvgIpc) is 2.83. The maximum absolute atomic E-state index is 13.4. The van der Waals surface area contributed by atoms with Gasteiger partial charge in [0.1, 0.15) is 11.8 Å². The van der Waals surface area contributed by atoms with Crippen LogP contribution in [0.1, 0.15) is 45.6 Å². The van der Waals surface area contributed by atoms with Crippen LogP contribution in [-0.4, -0.2) is 57.1 Å². The van der Waals surface area contributed by atoms with Crippen molar-refractivity contribution >= 4 is 43.5 Å². The summed E-state index contributed by atoms with van der Waals surface area (Å²) in [4.78, 5) is 27.8. The molecule has 0 saturated carbocycles. The summed E-state index contributed by atoms with van der Waals surface area (Å²) in [6.45, 7) is 5.97. The van der Waals surface area contributed by atoms with Gasteiger partial charge in [-0.3, -0.25) is 13.9 Å². The second-order valence-corrected chi connectivity index (χ2v) is 11.6. The molecule has 0 fully saturated rings. The second kappa shape index (κ2) is 13.6. The van der Waals surface area contributed by atoms with E-state index in [0.29, 0.717) is 11.4 Å². The minimum Gasteiger partial charge on any atom is -0.495 e. The smallest absolute Gasteiger partial charge is 0.242 e. The number of rotatable bonds is 13. The molecule has 36 heavy (non-hydrogen) atoms. The van der Waals surface area contributed by atoms with Crippen LogP contribution in [0.15, 0.2) is 53.0 Å². The number of hydrogen-bond acceptors (Lipinski definition) is 5. The number of carbonyl (C=O) groups is 2. The highest BCUT2D eigenvalue weighted by atomic mass is 79.9. The molecule has 0 aliphatic carbocycles. The maximum Gasteiger partial charge on any atom is 0.242 e. The number of amides is 2. The van der Waals surface area contributed by atoms with Gasteiger partial charge in [0.15, 0.2) is 0 Å². The number of sulfonamides is 1. The lowest BCUT2D eigenvalue weighted by Gasteiger charge is -2.30. The molecule has 198 valence electrons. The summed E-state index contributed by atoms with van der Waals surface area (Å²) >= 11 is 3.45. The van der Waals surface area contributed by atoms with Crippen LogP contribution in [0.25, 0.3) is 0 Å². The van der Waals surface area contributed by atoms with Gasteiger partial charge in [0, 0.05) is 30.0 Å². The zero-order chi connectivity index (χ0) is 26.9. The maximum atomic E-state index is 13.4. The Kier molecular flexibility index (Phi) is 11.2. The lowest BCUT2D eigenvalue weighted by Crippen LogP contribution is -2.49. The molecule has 0 spiro atoms. The van der Waals surface area contributed by atoms with Crippen molar-refractivity contribution in [3.8, 4) is 5.75 Å². The van der Waals surface area contributed by atoms with Crippen molar-refractivity contribution in [1.29, 1.82) is 0 Å². The molecule has 0 bridgehead atoms. The van der Waals surface area contributed by atoms with Gasteiger partial charge < -0.3 is 15.0 Å². The largest absolute Gasteiger partial charge is 0.495 e. The Morgan fingerprint density at radius 2 is 1.81 bits per heavy atom. The Labute approximate surface area is 223 Å². The summed E-state index contributed by atoms with van der Waals surface area (Å²) in [5.41, 5.74) is 1.30. The lowest BCUT2D eigenvalue weighted by atomic mass is 10.1. The van der Waals surface area contributed by atoms with E-state index in [0.717, 1.165) is 22.7 Å². The molecule has 2 aromatic rings.